The van der Waals surface area contributed by atoms with Crippen molar-refractivity contribution in [3.05, 3.63) is 0 Å². The van der Waals surface area contributed by atoms with Crippen LogP contribution in [-0.4, -0.2) is 61.4 Å². The van der Waals surface area contributed by atoms with Crippen LogP contribution < -0.4 is 5.32 Å². The minimum absolute atomic E-state index is 0. The molecule has 0 atom stereocenters. The minimum atomic E-state index is -3.81. The summed E-state index contributed by atoms with van der Waals surface area (Å²) in [5.74, 6) is -0.189. The number of hydrogen-bond donors (Lipinski definition) is 2. The molecule has 4 nitrogen and oxygen atoms in total. The summed E-state index contributed by atoms with van der Waals surface area (Å²) in [4.78, 5) is 0. The first-order valence-corrected chi connectivity index (χ1v) is 12.8. The zero-order chi connectivity index (χ0) is 19.3. The fraction of sp³-hybridized carbons (Fsp3) is 1.00. The van der Waals surface area contributed by atoms with Gasteiger partial charge in [-0.1, -0.05) is 110 Å². The molecule has 160 valence electrons. The molecule has 0 aliphatic carbocycles. The van der Waals surface area contributed by atoms with E-state index in [4.69, 9.17) is 4.55 Å². The molecule has 0 aliphatic rings. The van der Waals surface area contributed by atoms with E-state index in [0.717, 1.165) is 13.0 Å². The van der Waals surface area contributed by atoms with Crippen LogP contribution in [0.5, 0.6) is 0 Å². The van der Waals surface area contributed by atoms with E-state index in [2.05, 4.69) is 12.2 Å². The van der Waals surface area contributed by atoms with E-state index in [1.165, 1.54) is 103 Å². The van der Waals surface area contributed by atoms with Crippen LogP contribution in [0.2, 0.25) is 0 Å². The normalized spacial score (nSPS) is 11.5. The second kappa shape index (κ2) is 23.2. The maximum absolute atomic E-state index is 10.5. The molecule has 0 rings (SSSR count). The van der Waals surface area contributed by atoms with Gasteiger partial charge in [0.15, 0.2) is 0 Å². The van der Waals surface area contributed by atoms with Crippen LogP contribution in [-0.2, 0) is 10.1 Å². The van der Waals surface area contributed by atoms with Crippen LogP contribution in [0.1, 0.15) is 116 Å². The summed E-state index contributed by atoms with van der Waals surface area (Å²) < 4.78 is 29.7. The fourth-order valence-corrected chi connectivity index (χ4v) is 3.70. The van der Waals surface area contributed by atoms with Crippen molar-refractivity contribution in [3.63, 3.8) is 0 Å². The summed E-state index contributed by atoms with van der Waals surface area (Å²) in [6, 6.07) is 0. The number of nitrogens with one attached hydrogen (secondary N) is 1. The monoisotopic (exact) mass is 415 g/mol. The Morgan fingerprint density at radius 1 is 0.593 bits per heavy atom. The summed E-state index contributed by atoms with van der Waals surface area (Å²) >= 11 is 0. The Bertz CT molecular complexity index is 378. The van der Waals surface area contributed by atoms with Crippen LogP contribution >= 0.6 is 0 Å². The summed E-state index contributed by atoms with van der Waals surface area (Å²) in [5.41, 5.74) is 0. The van der Waals surface area contributed by atoms with Gasteiger partial charge in [-0.25, -0.2) is 0 Å². The third-order valence-electron chi connectivity index (χ3n) is 4.99. The summed E-state index contributed by atoms with van der Waals surface area (Å²) in [6.45, 7) is 3.46. The van der Waals surface area contributed by atoms with E-state index in [1.54, 1.807) is 0 Å². The molecule has 0 unspecified atom stereocenters. The van der Waals surface area contributed by atoms with Crippen molar-refractivity contribution in [2.75, 3.05) is 18.8 Å². The molecular formula is C21H46NNaO3S. The average Bonchev–Trinajstić information content (AvgIpc) is 2.59. The molecule has 6 heteroatoms. The molecule has 0 bridgehead atoms. The summed E-state index contributed by atoms with van der Waals surface area (Å²) in [7, 11) is -3.81. The van der Waals surface area contributed by atoms with Crippen LogP contribution in [0.3, 0.4) is 0 Å². The molecule has 0 spiro atoms. The van der Waals surface area contributed by atoms with Gasteiger partial charge in [-0.3, -0.25) is 4.55 Å². The topological polar surface area (TPSA) is 66.4 Å². The first-order valence-electron chi connectivity index (χ1n) is 11.2. The molecule has 0 aliphatic heterocycles. The Labute approximate surface area is 192 Å². The van der Waals surface area contributed by atoms with Crippen LogP contribution in [0.4, 0.5) is 0 Å². The van der Waals surface area contributed by atoms with Crippen LogP contribution in [0.25, 0.3) is 0 Å². The van der Waals surface area contributed by atoms with Crippen molar-refractivity contribution < 1.29 is 13.0 Å². The molecular weight excluding hydrogens is 369 g/mol. The van der Waals surface area contributed by atoms with Gasteiger partial charge < -0.3 is 5.32 Å². The number of unbranched alkanes of at least 4 members (excludes halogenated alkanes) is 16. The van der Waals surface area contributed by atoms with Crippen molar-refractivity contribution in [2.24, 2.45) is 0 Å². The predicted molar refractivity (Wildman–Crippen MR) is 121 cm³/mol. The van der Waals surface area contributed by atoms with Crippen molar-refractivity contribution >= 4 is 39.7 Å². The van der Waals surface area contributed by atoms with Crippen molar-refractivity contribution in [3.8, 4) is 0 Å². The van der Waals surface area contributed by atoms with Gasteiger partial charge in [-0.05, 0) is 13.0 Å². The maximum atomic E-state index is 10.5. The van der Waals surface area contributed by atoms with Gasteiger partial charge in [0.1, 0.15) is 0 Å². The number of rotatable bonds is 21. The third-order valence-corrected chi connectivity index (χ3v) is 5.71. The average molecular weight is 416 g/mol. The van der Waals surface area contributed by atoms with E-state index in [-0.39, 0.29) is 35.3 Å². The van der Waals surface area contributed by atoms with E-state index < -0.39 is 10.1 Å². The molecule has 2 N–H and O–H groups in total. The zero-order valence-electron chi connectivity index (χ0n) is 17.3. The van der Waals surface area contributed by atoms with E-state index in [9.17, 15) is 8.42 Å². The first kappa shape index (κ1) is 30.1. The van der Waals surface area contributed by atoms with Crippen molar-refractivity contribution in [1.82, 2.24) is 5.32 Å². The Kier molecular flexibility index (Phi) is 25.8. The SMILES string of the molecule is CCCCCCCCCCCCCCCCCCCNCCS(=O)(=O)O.[NaH]. The van der Waals surface area contributed by atoms with Crippen LogP contribution in [0.15, 0.2) is 0 Å². The molecule has 0 radical (unpaired) electrons. The van der Waals surface area contributed by atoms with E-state index >= 15 is 0 Å². The van der Waals surface area contributed by atoms with Gasteiger partial charge in [0.2, 0.25) is 0 Å². The van der Waals surface area contributed by atoms with Gasteiger partial charge >= 0.3 is 29.6 Å². The first-order chi connectivity index (χ1) is 12.6. The summed E-state index contributed by atoms with van der Waals surface area (Å²) in [6.07, 6.45) is 23.2. The predicted octanol–water partition coefficient (Wildman–Crippen LogP) is 5.47. The Hall–Kier alpha value is 0.870. The van der Waals surface area contributed by atoms with E-state index in [1.807, 2.05) is 0 Å². The zero-order valence-corrected chi connectivity index (χ0v) is 18.1. The van der Waals surface area contributed by atoms with E-state index in [0.29, 0.717) is 6.54 Å². The van der Waals surface area contributed by atoms with Gasteiger partial charge in [-0.15, -0.1) is 0 Å². The summed E-state index contributed by atoms with van der Waals surface area (Å²) in [5, 5.41) is 3.05. The van der Waals surface area contributed by atoms with Crippen LogP contribution in [0, 0.1) is 0 Å². The fourth-order valence-electron chi connectivity index (χ4n) is 3.30. The second-order valence-corrected chi connectivity index (χ2v) is 9.26. The molecule has 0 fully saturated rings. The molecule has 0 heterocycles. The molecule has 0 saturated heterocycles. The molecule has 27 heavy (non-hydrogen) atoms. The Morgan fingerprint density at radius 2 is 0.926 bits per heavy atom. The second-order valence-electron chi connectivity index (χ2n) is 7.69. The number of hydrogen-bond acceptors (Lipinski definition) is 3. The molecule has 0 amide bonds. The molecule has 0 aromatic rings. The van der Waals surface area contributed by atoms with Crippen molar-refractivity contribution in [1.29, 1.82) is 0 Å². The van der Waals surface area contributed by atoms with Crippen molar-refractivity contribution in [2.45, 2.75) is 116 Å². The standard InChI is InChI=1S/C21H45NO3S.Na.H/c1-2-3-4-5-6-7-8-9-10-11-12-13-14-15-16-17-18-19-22-20-21-26(23,24)25;;/h22H,2-21H2,1H3,(H,23,24,25);;. The molecule has 0 saturated carbocycles. The molecule has 0 aromatic carbocycles. The molecule has 0 aromatic heterocycles. The Morgan fingerprint density at radius 3 is 1.26 bits per heavy atom. The third kappa shape index (κ3) is 29.2. The van der Waals surface area contributed by atoms with Gasteiger partial charge in [0.25, 0.3) is 10.1 Å². The van der Waals surface area contributed by atoms with Gasteiger partial charge in [0, 0.05) is 6.54 Å². The van der Waals surface area contributed by atoms with Gasteiger partial charge in [-0.2, -0.15) is 8.42 Å². The quantitative estimate of drug-likeness (QED) is 0.148. The van der Waals surface area contributed by atoms with Gasteiger partial charge in [0.05, 0.1) is 5.75 Å². The Balaban J connectivity index is 0.